The molecule has 0 saturated heterocycles. The highest BCUT2D eigenvalue weighted by Gasteiger charge is 1.94. The summed E-state index contributed by atoms with van der Waals surface area (Å²) in [6, 6.07) is 1.81. The van der Waals surface area contributed by atoms with Crippen LogP contribution < -0.4 is 0 Å². The number of hydrogen-bond acceptors (Lipinski definition) is 3. The highest BCUT2D eigenvalue weighted by molar-refractivity contribution is 5.15. The molecular formula is C5H5N5. The van der Waals surface area contributed by atoms with E-state index in [0.29, 0.717) is 0 Å². The highest BCUT2D eigenvalue weighted by Crippen LogP contribution is 1.95. The van der Waals surface area contributed by atoms with Crippen molar-refractivity contribution in [1.29, 1.82) is 0 Å². The summed E-state index contributed by atoms with van der Waals surface area (Å²) in [5.41, 5.74) is 0. The van der Waals surface area contributed by atoms with Crippen molar-refractivity contribution in [1.82, 2.24) is 25.0 Å². The largest absolute Gasteiger partial charge is 0.284 e. The second kappa shape index (κ2) is 1.94. The first-order chi connectivity index (χ1) is 4.97. The van der Waals surface area contributed by atoms with Crippen molar-refractivity contribution >= 4 is 0 Å². The van der Waals surface area contributed by atoms with E-state index < -0.39 is 0 Å². The van der Waals surface area contributed by atoms with Crippen molar-refractivity contribution in [2.75, 3.05) is 0 Å². The van der Waals surface area contributed by atoms with Gasteiger partial charge in [-0.05, 0) is 0 Å². The van der Waals surface area contributed by atoms with Crippen LogP contribution in [0.3, 0.4) is 0 Å². The van der Waals surface area contributed by atoms with Crippen molar-refractivity contribution in [2.45, 2.75) is 0 Å². The Morgan fingerprint density at radius 1 is 1.50 bits per heavy atom. The van der Waals surface area contributed by atoms with Crippen LogP contribution in [0.4, 0.5) is 0 Å². The lowest BCUT2D eigenvalue weighted by atomic mass is 10.6. The molecule has 0 atom stereocenters. The predicted octanol–water partition coefficient (Wildman–Crippen LogP) is -0.00960. The lowest BCUT2D eigenvalue weighted by molar-refractivity contribution is 0.834. The van der Waals surface area contributed by atoms with Crippen LogP contribution >= 0.6 is 0 Å². The first-order valence-corrected chi connectivity index (χ1v) is 2.81. The van der Waals surface area contributed by atoms with Crippen molar-refractivity contribution in [3.63, 3.8) is 0 Å². The summed E-state index contributed by atoms with van der Waals surface area (Å²) in [5.74, 6) is 0.748. The van der Waals surface area contributed by atoms with E-state index in [9.17, 15) is 0 Å². The zero-order valence-electron chi connectivity index (χ0n) is 5.10. The molecule has 0 radical (unpaired) electrons. The number of rotatable bonds is 1. The minimum absolute atomic E-state index is 0.748. The summed E-state index contributed by atoms with van der Waals surface area (Å²) in [6.07, 6.45) is 4.79. The molecule has 0 bridgehead atoms. The van der Waals surface area contributed by atoms with Gasteiger partial charge < -0.3 is 0 Å². The fourth-order valence-electron chi connectivity index (χ4n) is 0.707. The molecule has 5 nitrogen and oxygen atoms in total. The average Bonchev–Trinajstić information content (AvgIpc) is 2.59. The Labute approximate surface area is 56.7 Å². The minimum atomic E-state index is 0.748. The summed E-state index contributed by atoms with van der Waals surface area (Å²) in [5, 5.41) is 10.5. The van der Waals surface area contributed by atoms with Gasteiger partial charge in [0.1, 0.15) is 12.7 Å². The van der Waals surface area contributed by atoms with Gasteiger partial charge >= 0.3 is 0 Å². The second-order valence-electron chi connectivity index (χ2n) is 1.77. The van der Waals surface area contributed by atoms with Gasteiger partial charge in [-0.2, -0.15) is 10.2 Å². The third kappa shape index (κ3) is 0.680. The molecule has 0 fully saturated rings. The summed E-state index contributed by atoms with van der Waals surface area (Å²) in [4.78, 5) is 3.78. The Bertz CT molecular complexity index is 249. The molecule has 0 unspecified atom stereocenters. The zero-order valence-corrected chi connectivity index (χ0v) is 5.10. The number of hydrogen-bond donors (Lipinski definition) is 1. The molecule has 0 aliphatic carbocycles. The van der Waals surface area contributed by atoms with Gasteiger partial charge in [0.05, 0.1) is 0 Å². The number of aromatic amines is 1. The van der Waals surface area contributed by atoms with Gasteiger partial charge in [0.2, 0.25) is 0 Å². The van der Waals surface area contributed by atoms with E-state index in [2.05, 4.69) is 20.3 Å². The Hall–Kier alpha value is -1.65. The number of nitrogens with one attached hydrogen (secondary N) is 1. The minimum Gasteiger partial charge on any atom is -0.284 e. The summed E-state index contributed by atoms with van der Waals surface area (Å²) in [7, 11) is 0. The van der Waals surface area contributed by atoms with Crippen LogP contribution in [0.25, 0.3) is 5.82 Å². The summed E-state index contributed by atoms with van der Waals surface area (Å²) < 4.78 is 1.58. The van der Waals surface area contributed by atoms with E-state index >= 15 is 0 Å². The fraction of sp³-hybridized carbons (Fsp3) is 0. The highest BCUT2D eigenvalue weighted by atomic mass is 15.4. The topological polar surface area (TPSA) is 59.4 Å². The molecule has 50 valence electrons. The SMILES string of the molecule is c1ncn(-c2cc[nH]n2)n1. The maximum absolute atomic E-state index is 3.89. The standard InChI is InChI=1S/C5H5N5/c1-2-7-9-5(1)10-4-6-3-8-10/h1-4H,(H,7,9). The Morgan fingerprint density at radius 2 is 2.50 bits per heavy atom. The third-order valence-electron chi connectivity index (χ3n) is 1.14. The second-order valence-corrected chi connectivity index (χ2v) is 1.77. The van der Waals surface area contributed by atoms with E-state index in [1.54, 1.807) is 17.2 Å². The molecule has 0 aliphatic rings. The normalized spacial score (nSPS) is 10.0. The smallest absolute Gasteiger partial charge is 0.176 e. The van der Waals surface area contributed by atoms with Crippen LogP contribution in [0.5, 0.6) is 0 Å². The van der Waals surface area contributed by atoms with Gasteiger partial charge in [0.15, 0.2) is 5.82 Å². The molecule has 5 heteroatoms. The van der Waals surface area contributed by atoms with Crippen LogP contribution in [0.1, 0.15) is 0 Å². The van der Waals surface area contributed by atoms with Gasteiger partial charge in [-0.3, -0.25) is 5.10 Å². The first-order valence-electron chi connectivity index (χ1n) is 2.81. The third-order valence-corrected chi connectivity index (χ3v) is 1.14. The zero-order chi connectivity index (χ0) is 6.81. The van der Waals surface area contributed by atoms with E-state index in [4.69, 9.17) is 0 Å². The van der Waals surface area contributed by atoms with Crippen LogP contribution in [-0.4, -0.2) is 25.0 Å². The van der Waals surface area contributed by atoms with Crippen LogP contribution in [-0.2, 0) is 0 Å². The quantitative estimate of drug-likeness (QED) is 0.598. The van der Waals surface area contributed by atoms with Gasteiger partial charge in [-0.1, -0.05) is 0 Å². The van der Waals surface area contributed by atoms with Crippen LogP contribution in [0.2, 0.25) is 0 Å². The monoisotopic (exact) mass is 135 g/mol. The molecular weight excluding hydrogens is 130 g/mol. The van der Waals surface area contributed by atoms with Gasteiger partial charge in [0.25, 0.3) is 0 Å². The van der Waals surface area contributed by atoms with E-state index in [1.807, 2.05) is 6.07 Å². The van der Waals surface area contributed by atoms with Crippen LogP contribution in [0, 0.1) is 0 Å². The molecule has 10 heavy (non-hydrogen) atoms. The van der Waals surface area contributed by atoms with Gasteiger partial charge in [-0.15, -0.1) is 0 Å². The number of nitrogens with zero attached hydrogens (tertiary/aromatic N) is 4. The maximum atomic E-state index is 3.89. The molecule has 0 saturated carbocycles. The maximum Gasteiger partial charge on any atom is 0.176 e. The lowest BCUT2D eigenvalue weighted by Crippen LogP contribution is -1.93. The van der Waals surface area contributed by atoms with Crippen molar-refractivity contribution in [3.05, 3.63) is 24.9 Å². The van der Waals surface area contributed by atoms with Crippen molar-refractivity contribution < 1.29 is 0 Å². The van der Waals surface area contributed by atoms with E-state index in [0.717, 1.165) is 5.82 Å². The van der Waals surface area contributed by atoms with E-state index in [-0.39, 0.29) is 0 Å². The lowest BCUT2D eigenvalue weighted by Gasteiger charge is -1.88. The molecule has 0 spiro atoms. The molecule has 0 aliphatic heterocycles. The predicted molar refractivity (Wildman–Crippen MR) is 33.5 cm³/mol. The van der Waals surface area contributed by atoms with Crippen LogP contribution in [0.15, 0.2) is 24.9 Å². The Balaban J connectivity index is 2.48. The average molecular weight is 135 g/mol. The summed E-state index contributed by atoms with van der Waals surface area (Å²) in [6.45, 7) is 0. The molecule has 2 heterocycles. The number of aromatic nitrogens is 5. The van der Waals surface area contributed by atoms with Crippen molar-refractivity contribution in [2.24, 2.45) is 0 Å². The van der Waals surface area contributed by atoms with E-state index in [1.165, 1.54) is 6.33 Å². The molecule has 1 N–H and O–H groups in total. The molecule has 0 aromatic carbocycles. The molecule has 2 rings (SSSR count). The summed E-state index contributed by atoms with van der Waals surface area (Å²) >= 11 is 0. The Morgan fingerprint density at radius 3 is 3.10 bits per heavy atom. The molecule has 0 amide bonds. The number of H-pyrrole nitrogens is 1. The Kier molecular flexibility index (Phi) is 1.00. The fourth-order valence-corrected chi connectivity index (χ4v) is 0.707. The molecule has 2 aromatic heterocycles. The first kappa shape index (κ1) is 5.16. The van der Waals surface area contributed by atoms with Gasteiger partial charge in [0, 0.05) is 12.3 Å². The van der Waals surface area contributed by atoms with Gasteiger partial charge in [-0.25, -0.2) is 9.67 Å². The molecule has 2 aromatic rings. The van der Waals surface area contributed by atoms with Crippen molar-refractivity contribution in [3.8, 4) is 5.82 Å².